The van der Waals surface area contributed by atoms with E-state index in [1.807, 2.05) is 35.7 Å². The number of anilines is 3. The number of thiazole rings is 1. The van der Waals surface area contributed by atoms with E-state index in [0.29, 0.717) is 10.0 Å². The molecule has 0 atom stereocenters. The Morgan fingerprint density at radius 1 is 1.00 bits per heavy atom. The lowest BCUT2D eigenvalue weighted by atomic mass is 10.1. The molecule has 6 heteroatoms. The van der Waals surface area contributed by atoms with Crippen molar-refractivity contribution < 1.29 is 0 Å². The first-order chi connectivity index (χ1) is 10.1. The maximum absolute atomic E-state index is 6.00. The fraction of sp³-hybridized carbons (Fsp3) is 0. The van der Waals surface area contributed by atoms with E-state index in [1.165, 1.54) is 11.3 Å². The third-order valence-corrected chi connectivity index (χ3v) is 4.38. The third kappa shape index (κ3) is 3.29. The summed E-state index contributed by atoms with van der Waals surface area (Å²) in [5, 5.41) is 7.04. The Balaban J connectivity index is 1.81. The van der Waals surface area contributed by atoms with Crippen molar-refractivity contribution in [1.82, 2.24) is 4.98 Å². The van der Waals surface area contributed by atoms with Crippen molar-refractivity contribution in [1.29, 1.82) is 0 Å². The highest BCUT2D eigenvalue weighted by Gasteiger charge is 2.06. The molecule has 0 radical (unpaired) electrons. The predicted octanol–water partition coefficient (Wildman–Crippen LogP) is 5.44. The molecule has 0 saturated carbocycles. The van der Waals surface area contributed by atoms with Crippen LogP contribution in [0.15, 0.2) is 47.8 Å². The molecule has 1 aromatic heterocycles. The van der Waals surface area contributed by atoms with Crippen molar-refractivity contribution >= 4 is 51.0 Å². The average molecular weight is 336 g/mol. The lowest BCUT2D eigenvalue weighted by Crippen LogP contribution is -1.90. The molecule has 0 spiro atoms. The first-order valence-corrected chi connectivity index (χ1v) is 7.79. The molecule has 3 aromatic rings. The molecular formula is C15H11Cl2N3S. The zero-order valence-corrected chi connectivity index (χ0v) is 13.1. The van der Waals surface area contributed by atoms with Gasteiger partial charge in [-0.05, 0) is 30.3 Å². The molecule has 0 unspecified atom stereocenters. The topological polar surface area (TPSA) is 50.9 Å². The second-order valence-electron chi connectivity index (χ2n) is 4.41. The van der Waals surface area contributed by atoms with Gasteiger partial charge in [-0.25, -0.2) is 4.98 Å². The van der Waals surface area contributed by atoms with Gasteiger partial charge < -0.3 is 11.1 Å². The molecule has 3 nitrogen and oxygen atoms in total. The van der Waals surface area contributed by atoms with Gasteiger partial charge >= 0.3 is 0 Å². The molecule has 0 aliphatic rings. The summed E-state index contributed by atoms with van der Waals surface area (Å²) in [6, 6.07) is 13.0. The summed E-state index contributed by atoms with van der Waals surface area (Å²) >= 11 is 13.4. The van der Waals surface area contributed by atoms with Crippen LogP contribution in [0.3, 0.4) is 0 Å². The van der Waals surface area contributed by atoms with Crippen LogP contribution in [-0.4, -0.2) is 4.98 Å². The van der Waals surface area contributed by atoms with Gasteiger partial charge in [-0.2, -0.15) is 0 Å². The van der Waals surface area contributed by atoms with Crippen LogP contribution >= 0.6 is 34.5 Å². The molecule has 0 aliphatic carbocycles. The van der Waals surface area contributed by atoms with Gasteiger partial charge in [0.1, 0.15) is 0 Å². The zero-order chi connectivity index (χ0) is 14.8. The Labute approximate surface area is 136 Å². The third-order valence-electron chi connectivity index (χ3n) is 2.88. The molecule has 3 rings (SSSR count). The minimum atomic E-state index is 0.511. The molecule has 0 bridgehead atoms. The van der Waals surface area contributed by atoms with Crippen molar-refractivity contribution in [2.45, 2.75) is 0 Å². The van der Waals surface area contributed by atoms with Gasteiger partial charge in [0.25, 0.3) is 0 Å². The summed E-state index contributed by atoms with van der Waals surface area (Å²) < 4.78 is 0. The molecule has 21 heavy (non-hydrogen) atoms. The lowest BCUT2D eigenvalue weighted by Gasteiger charge is -2.03. The van der Waals surface area contributed by atoms with Crippen LogP contribution in [0.25, 0.3) is 11.3 Å². The Hall–Kier alpha value is -1.75. The monoisotopic (exact) mass is 335 g/mol. The van der Waals surface area contributed by atoms with Crippen LogP contribution < -0.4 is 11.1 Å². The van der Waals surface area contributed by atoms with E-state index >= 15 is 0 Å². The molecular weight excluding hydrogens is 325 g/mol. The SMILES string of the molecule is Nc1ccc(-c2csc(Nc3ccc(Cl)c(Cl)c3)n2)cc1. The summed E-state index contributed by atoms with van der Waals surface area (Å²) in [5.74, 6) is 0. The van der Waals surface area contributed by atoms with Crippen LogP contribution in [-0.2, 0) is 0 Å². The standard InChI is InChI=1S/C15H11Cl2N3S/c16-12-6-5-11(7-13(12)17)19-15-20-14(8-21-15)9-1-3-10(18)4-2-9/h1-8H,18H2,(H,19,20). The van der Waals surface area contributed by atoms with Crippen LogP contribution in [0.2, 0.25) is 10.0 Å². The zero-order valence-electron chi connectivity index (χ0n) is 10.8. The van der Waals surface area contributed by atoms with Crippen LogP contribution in [0.1, 0.15) is 0 Å². The summed E-state index contributed by atoms with van der Waals surface area (Å²) in [4.78, 5) is 4.55. The normalized spacial score (nSPS) is 10.6. The van der Waals surface area contributed by atoms with E-state index < -0.39 is 0 Å². The van der Waals surface area contributed by atoms with Crippen LogP contribution in [0.4, 0.5) is 16.5 Å². The van der Waals surface area contributed by atoms with E-state index in [2.05, 4.69) is 10.3 Å². The van der Waals surface area contributed by atoms with Crippen molar-refractivity contribution in [3.8, 4) is 11.3 Å². The second-order valence-corrected chi connectivity index (χ2v) is 6.09. The number of nitrogens with zero attached hydrogens (tertiary/aromatic N) is 1. The Morgan fingerprint density at radius 3 is 2.48 bits per heavy atom. The van der Waals surface area contributed by atoms with E-state index in [9.17, 15) is 0 Å². The quantitative estimate of drug-likeness (QED) is 0.626. The van der Waals surface area contributed by atoms with Crippen molar-refractivity contribution in [3.63, 3.8) is 0 Å². The van der Waals surface area contributed by atoms with Gasteiger partial charge in [0.15, 0.2) is 5.13 Å². The summed E-state index contributed by atoms with van der Waals surface area (Å²) in [6.45, 7) is 0. The van der Waals surface area contributed by atoms with Gasteiger partial charge in [-0.3, -0.25) is 0 Å². The smallest absolute Gasteiger partial charge is 0.187 e. The molecule has 106 valence electrons. The molecule has 0 fully saturated rings. The Kier molecular flexibility index (Phi) is 4.01. The fourth-order valence-corrected chi connectivity index (χ4v) is 2.85. The van der Waals surface area contributed by atoms with Crippen molar-refractivity contribution in [2.24, 2.45) is 0 Å². The van der Waals surface area contributed by atoms with E-state index in [0.717, 1.165) is 27.8 Å². The predicted molar refractivity (Wildman–Crippen MR) is 91.7 cm³/mol. The van der Waals surface area contributed by atoms with Gasteiger partial charge in [0.2, 0.25) is 0 Å². The summed E-state index contributed by atoms with van der Waals surface area (Å²) in [7, 11) is 0. The highest BCUT2D eigenvalue weighted by atomic mass is 35.5. The minimum Gasteiger partial charge on any atom is -0.399 e. The molecule has 3 N–H and O–H groups in total. The van der Waals surface area contributed by atoms with E-state index in [1.54, 1.807) is 12.1 Å². The fourth-order valence-electron chi connectivity index (χ4n) is 1.81. The van der Waals surface area contributed by atoms with Crippen molar-refractivity contribution in [3.05, 3.63) is 57.9 Å². The number of rotatable bonds is 3. The first-order valence-electron chi connectivity index (χ1n) is 6.15. The largest absolute Gasteiger partial charge is 0.399 e. The number of nitrogen functional groups attached to an aromatic ring is 1. The number of benzene rings is 2. The molecule has 2 aromatic carbocycles. The Bertz CT molecular complexity index is 769. The highest BCUT2D eigenvalue weighted by Crippen LogP contribution is 2.30. The molecule has 0 amide bonds. The number of hydrogen-bond acceptors (Lipinski definition) is 4. The summed E-state index contributed by atoms with van der Waals surface area (Å²) in [5.41, 5.74) is 9.21. The molecule has 1 heterocycles. The molecule has 0 saturated heterocycles. The van der Waals surface area contributed by atoms with Crippen LogP contribution in [0.5, 0.6) is 0 Å². The highest BCUT2D eigenvalue weighted by molar-refractivity contribution is 7.14. The minimum absolute atomic E-state index is 0.511. The maximum atomic E-state index is 6.00. The van der Waals surface area contributed by atoms with Gasteiger partial charge in [0, 0.05) is 22.3 Å². The van der Waals surface area contributed by atoms with Crippen LogP contribution in [0, 0.1) is 0 Å². The number of nitrogens with one attached hydrogen (secondary N) is 1. The van der Waals surface area contributed by atoms with E-state index in [4.69, 9.17) is 28.9 Å². The lowest BCUT2D eigenvalue weighted by molar-refractivity contribution is 1.38. The number of hydrogen-bond donors (Lipinski definition) is 2. The summed E-state index contributed by atoms with van der Waals surface area (Å²) in [6.07, 6.45) is 0. The first kappa shape index (κ1) is 14.2. The van der Waals surface area contributed by atoms with E-state index in [-0.39, 0.29) is 0 Å². The number of nitrogens with two attached hydrogens (primary N) is 1. The Morgan fingerprint density at radius 2 is 1.76 bits per heavy atom. The molecule has 0 aliphatic heterocycles. The number of halogens is 2. The number of aromatic nitrogens is 1. The van der Waals surface area contributed by atoms with Gasteiger partial charge in [-0.15, -0.1) is 11.3 Å². The van der Waals surface area contributed by atoms with Gasteiger partial charge in [0.05, 0.1) is 15.7 Å². The second kappa shape index (κ2) is 5.93. The maximum Gasteiger partial charge on any atom is 0.187 e. The average Bonchev–Trinajstić information content (AvgIpc) is 2.92. The van der Waals surface area contributed by atoms with Crippen molar-refractivity contribution in [2.75, 3.05) is 11.1 Å². The van der Waals surface area contributed by atoms with Gasteiger partial charge in [-0.1, -0.05) is 35.3 Å².